The van der Waals surface area contributed by atoms with Gasteiger partial charge in [0, 0.05) is 22.0 Å². The minimum Gasteiger partial charge on any atom is -0.397 e. The van der Waals surface area contributed by atoms with Crippen LogP contribution in [0.2, 0.25) is 5.02 Å². The number of hydrogen-bond donors (Lipinski definition) is 1. The van der Waals surface area contributed by atoms with Crippen LogP contribution in [0.1, 0.15) is 0 Å². The van der Waals surface area contributed by atoms with Gasteiger partial charge in [0.05, 0.1) is 5.69 Å². The molecule has 0 radical (unpaired) electrons. The number of benzene rings is 1. The van der Waals surface area contributed by atoms with Crippen LogP contribution in [-0.4, -0.2) is 4.98 Å². The number of anilines is 1. The smallest absolute Gasteiger partial charge is 0.125 e. The first-order valence-corrected chi connectivity index (χ1v) is 6.39. The molecule has 0 atom stereocenters. The van der Waals surface area contributed by atoms with Crippen molar-refractivity contribution in [3.05, 3.63) is 46.9 Å². The molecule has 0 aliphatic carbocycles. The third-order valence-corrected chi connectivity index (χ3v) is 3.81. The van der Waals surface area contributed by atoms with Gasteiger partial charge >= 0.3 is 0 Å². The van der Waals surface area contributed by atoms with Crippen molar-refractivity contribution in [1.29, 1.82) is 0 Å². The van der Waals surface area contributed by atoms with Crippen molar-refractivity contribution < 1.29 is 0 Å². The molecule has 2 N–H and O–H groups in total. The van der Waals surface area contributed by atoms with Gasteiger partial charge < -0.3 is 5.73 Å². The molecule has 2 heterocycles. The minimum atomic E-state index is 0.734. The molecule has 3 rings (SSSR count). The Labute approximate surface area is 108 Å². The standard InChI is InChI=1S/C13H9ClN2S/c14-9-3-1-8(2-4-9)10-5-6-16-13-12(10)11(15)7-17-13/h1-7H,15H2. The maximum Gasteiger partial charge on any atom is 0.125 e. The van der Waals surface area contributed by atoms with E-state index < -0.39 is 0 Å². The maximum absolute atomic E-state index is 5.99. The van der Waals surface area contributed by atoms with Gasteiger partial charge in [-0.3, -0.25) is 0 Å². The van der Waals surface area contributed by atoms with Crippen LogP contribution in [0.3, 0.4) is 0 Å². The average molecular weight is 261 g/mol. The molecule has 0 saturated heterocycles. The Bertz CT molecular complexity index is 673. The minimum absolute atomic E-state index is 0.734. The van der Waals surface area contributed by atoms with Crippen LogP contribution in [0.5, 0.6) is 0 Å². The van der Waals surface area contributed by atoms with Gasteiger partial charge in [-0.05, 0) is 29.3 Å². The van der Waals surface area contributed by atoms with Crippen LogP contribution in [0.15, 0.2) is 41.9 Å². The van der Waals surface area contributed by atoms with Crippen molar-refractivity contribution in [3.8, 4) is 11.1 Å². The summed E-state index contributed by atoms with van der Waals surface area (Å²) in [6.07, 6.45) is 1.81. The van der Waals surface area contributed by atoms with Crippen LogP contribution in [0.4, 0.5) is 5.69 Å². The number of fused-ring (bicyclic) bond motifs is 1. The first-order chi connectivity index (χ1) is 8.25. The summed E-state index contributed by atoms with van der Waals surface area (Å²) >= 11 is 7.46. The number of nitrogens with two attached hydrogens (primary N) is 1. The summed E-state index contributed by atoms with van der Waals surface area (Å²) in [7, 11) is 0. The molecule has 0 spiro atoms. The summed E-state index contributed by atoms with van der Waals surface area (Å²) in [5, 5.41) is 3.69. The van der Waals surface area contributed by atoms with Crippen LogP contribution in [0.25, 0.3) is 21.3 Å². The molecule has 17 heavy (non-hydrogen) atoms. The predicted molar refractivity (Wildman–Crippen MR) is 74.5 cm³/mol. The van der Waals surface area contributed by atoms with Crippen molar-refractivity contribution in [2.24, 2.45) is 0 Å². The fraction of sp³-hybridized carbons (Fsp3) is 0. The van der Waals surface area contributed by atoms with E-state index >= 15 is 0 Å². The fourth-order valence-corrected chi connectivity index (χ4v) is 2.81. The van der Waals surface area contributed by atoms with Gasteiger partial charge in [-0.15, -0.1) is 11.3 Å². The molecule has 0 saturated carbocycles. The molecule has 0 amide bonds. The topological polar surface area (TPSA) is 38.9 Å². The van der Waals surface area contributed by atoms with Crippen LogP contribution < -0.4 is 5.73 Å². The van der Waals surface area contributed by atoms with E-state index in [2.05, 4.69) is 4.98 Å². The Morgan fingerprint density at radius 3 is 2.65 bits per heavy atom. The third-order valence-electron chi connectivity index (χ3n) is 2.66. The van der Waals surface area contributed by atoms with Gasteiger partial charge in [-0.2, -0.15) is 0 Å². The number of nitrogen functional groups attached to an aromatic ring is 1. The Balaban J connectivity index is 2.29. The highest BCUT2D eigenvalue weighted by atomic mass is 35.5. The lowest BCUT2D eigenvalue weighted by atomic mass is 10.0. The van der Waals surface area contributed by atoms with Gasteiger partial charge in [-0.1, -0.05) is 23.7 Å². The summed E-state index contributed by atoms with van der Waals surface area (Å²) < 4.78 is 0. The number of halogens is 1. The monoisotopic (exact) mass is 260 g/mol. The molecule has 84 valence electrons. The second-order valence-electron chi connectivity index (χ2n) is 3.74. The molecule has 2 nitrogen and oxygen atoms in total. The van der Waals surface area contributed by atoms with Crippen molar-refractivity contribution in [3.63, 3.8) is 0 Å². The Morgan fingerprint density at radius 1 is 1.12 bits per heavy atom. The molecule has 2 aromatic heterocycles. The zero-order chi connectivity index (χ0) is 11.8. The van der Waals surface area contributed by atoms with Crippen LogP contribution in [0, 0.1) is 0 Å². The molecule has 0 aliphatic rings. The Morgan fingerprint density at radius 2 is 1.88 bits per heavy atom. The van der Waals surface area contributed by atoms with E-state index in [0.29, 0.717) is 0 Å². The van der Waals surface area contributed by atoms with Crippen molar-refractivity contribution >= 4 is 38.8 Å². The largest absolute Gasteiger partial charge is 0.397 e. The normalized spacial score (nSPS) is 10.9. The average Bonchev–Trinajstić information content (AvgIpc) is 2.73. The van der Waals surface area contributed by atoms with Crippen LogP contribution >= 0.6 is 22.9 Å². The molecule has 0 unspecified atom stereocenters. The highest BCUT2D eigenvalue weighted by Gasteiger charge is 2.09. The number of nitrogens with zero attached hydrogens (tertiary/aromatic N) is 1. The van der Waals surface area contributed by atoms with E-state index in [-0.39, 0.29) is 0 Å². The van der Waals surface area contributed by atoms with E-state index in [9.17, 15) is 0 Å². The number of rotatable bonds is 1. The number of thiophene rings is 1. The van der Waals surface area contributed by atoms with E-state index in [1.54, 1.807) is 11.3 Å². The molecule has 1 aromatic carbocycles. The zero-order valence-electron chi connectivity index (χ0n) is 8.85. The zero-order valence-corrected chi connectivity index (χ0v) is 10.4. The van der Waals surface area contributed by atoms with Gasteiger partial charge in [0.25, 0.3) is 0 Å². The SMILES string of the molecule is Nc1csc2nccc(-c3ccc(Cl)cc3)c12. The van der Waals surface area contributed by atoms with E-state index in [1.807, 2.05) is 41.9 Å². The van der Waals surface area contributed by atoms with Gasteiger partial charge in [0.15, 0.2) is 0 Å². The molecule has 0 fully saturated rings. The third kappa shape index (κ3) is 1.77. The first-order valence-electron chi connectivity index (χ1n) is 5.13. The molecular weight excluding hydrogens is 252 g/mol. The second-order valence-corrected chi connectivity index (χ2v) is 5.03. The summed E-state index contributed by atoms with van der Waals surface area (Å²) in [5.74, 6) is 0. The van der Waals surface area contributed by atoms with E-state index in [4.69, 9.17) is 17.3 Å². The molecular formula is C13H9ClN2S. The van der Waals surface area contributed by atoms with E-state index in [0.717, 1.165) is 32.1 Å². The molecule has 0 aliphatic heterocycles. The lowest BCUT2D eigenvalue weighted by Gasteiger charge is -2.04. The molecule has 4 heteroatoms. The van der Waals surface area contributed by atoms with Crippen LogP contribution in [-0.2, 0) is 0 Å². The number of pyridine rings is 1. The van der Waals surface area contributed by atoms with Gasteiger partial charge in [0.1, 0.15) is 4.83 Å². The Kier molecular flexibility index (Phi) is 2.50. The maximum atomic E-state index is 5.99. The summed E-state index contributed by atoms with van der Waals surface area (Å²) in [5.41, 5.74) is 8.98. The molecule has 0 bridgehead atoms. The fourth-order valence-electron chi connectivity index (χ4n) is 1.86. The molecule has 3 aromatic rings. The quantitative estimate of drug-likeness (QED) is 0.712. The number of hydrogen-bond acceptors (Lipinski definition) is 3. The summed E-state index contributed by atoms with van der Waals surface area (Å²) in [6, 6.07) is 9.73. The highest BCUT2D eigenvalue weighted by molar-refractivity contribution is 7.17. The second kappa shape index (κ2) is 4.02. The van der Waals surface area contributed by atoms with Gasteiger partial charge in [0.2, 0.25) is 0 Å². The van der Waals surface area contributed by atoms with Crippen molar-refractivity contribution in [1.82, 2.24) is 4.98 Å². The van der Waals surface area contributed by atoms with Crippen molar-refractivity contribution in [2.45, 2.75) is 0 Å². The summed E-state index contributed by atoms with van der Waals surface area (Å²) in [4.78, 5) is 5.29. The van der Waals surface area contributed by atoms with Gasteiger partial charge in [-0.25, -0.2) is 4.98 Å². The first kappa shape index (κ1) is 10.6. The summed E-state index contributed by atoms with van der Waals surface area (Å²) in [6.45, 7) is 0. The number of aromatic nitrogens is 1. The van der Waals surface area contributed by atoms with Crippen molar-refractivity contribution in [2.75, 3.05) is 5.73 Å². The lowest BCUT2D eigenvalue weighted by Crippen LogP contribution is -1.86. The van der Waals surface area contributed by atoms with E-state index in [1.165, 1.54) is 0 Å². The predicted octanol–water partition coefficient (Wildman–Crippen LogP) is 4.20. The highest BCUT2D eigenvalue weighted by Crippen LogP contribution is 2.35. The lowest BCUT2D eigenvalue weighted by molar-refractivity contribution is 1.44. The Hall–Kier alpha value is -1.58.